The fraction of sp³-hybridized carbons (Fsp3) is 0.857. The quantitative estimate of drug-likeness (QED) is 0.572. The Labute approximate surface area is 125 Å². The highest BCUT2D eigenvalue weighted by molar-refractivity contribution is 7.99. The molecule has 0 radical (unpaired) electrons. The molecule has 0 bridgehead atoms. The van der Waals surface area contributed by atoms with Crippen LogP contribution in [0.5, 0.6) is 0 Å². The van der Waals surface area contributed by atoms with Crippen molar-refractivity contribution in [3.63, 3.8) is 0 Å². The highest BCUT2D eigenvalue weighted by Crippen LogP contribution is 2.29. The van der Waals surface area contributed by atoms with Gasteiger partial charge in [-0.2, -0.15) is 11.8 Å². The molecule has 2 atom stereocenters. The van der Waals surface area contributed by atoms with E-state index in [4.69, 9.17) is 5.11 Å². The highest BCUT2D eigenvalue weighted by atomic mass is 32.2. The summed E-state index contributed by atoms with van der Waals surface area (Å²) in [5.74, 6) is 0.386. The first-order valence-corrected chi connectivity index (χ1v) is 8.54. The van der Waals surface area contributed by atoms with E-state index >= 15 is 0 Å². The van der Waals surface area contributed by atoms with Gasteiger partial charge in [0.05, 0.1) is 0 Å². The van der Waals surface area contributed by atoms with Crippen molar-refractivity contribution in [1.82, 2.24) is 10.6 Å². The van der Waals surface area contributed by atoms with Crippen LogP contribution in [0.25, 0.3) is 0 Å². The third kappa shape index (κ3) is 7.62. The van der Waals surface area contributed by atoms with Gasteiger partial charge in [-0.15, -0.1) is 0 Å². The smallest absolute Gasteiger partial charge is 0.315 e. The van der Waals surface area contributed by atoms with Crippen molar-refractivity contribution in [3.8, 4) is 0 Å². The van der Waals surface area contributed by atoms with E-state index in [1.54, 1.807) is 0 Å². The van der Waals surface area contributed by atoms with Gasteiger partial charge in [0.2, 0.25) is 0 Å². The molecule has 0 aromatic heterocycles. The second-order valence-corrected chi connectivity index (χ2v) is 6.77. The summed E-state index contributed by atoms with van der Waals surface area (Å²) in [5.41, 5.74) is 0. The van der Waals surface area contributed by atoms with Gasteiger partial charge in [0.1, 0.15) is 0 Å². The molecule has 116 valence electrons. The molecule has 1 aliphatic rings. The van der Waals surface area contributed by atoms with Crippen LogP contribution in [0.2, 0.25) is 0 Å². The number of hydrogen-bond acceptors (Lipinski definition) is 3. The second-order valence-electron chi connectivity index (χ2n) is 5.19. The van der Waals surface area contributed by atoms with E-state index < -0.39 is 5.97 Å². The molecule has 1 aliphatic carbocycles. The first-order chi connectivity index (χ1) is 9.61. The maximum absolute atomic E-state index is 11.7. The highest BCUT2D eigenvalue weighted by Gasteiger charge is 2.25. The standard InChI is InChI=1S/C14H26N2O3S/c1-2-20-12-8-7-11(10-12)16-14(19)15-9-5-3-4-6-13(17)18/h11-12H,2-10H2,1H3,(H,17,18)(H2,15,16,19). The van der Waals surface area contributed by atoms with Crippen molar-refractivity contribution in [2.45, 2.75) is 63.2 Å². The molecule has 0 heterocycles. The molecule has 2 unspecified atom stereocenters. The molecular formula is C14H26N2O3S. The number of thioether (sulfide) groups is 1. The summed E-state index contributed by atoms with van der Waals surface area (Å²) in [4.78, 5) is 22.0. The minimum absolute atomic E-state index is 0.0876. The Bertz CT molecular complexity index is 313. The van der Waals surface area contributed by atoms with E-state index in [-0.39, 0.29) is 12.5 Å². The van der Waals surface area contributed by atoms with Gasteiger partial charge in [-0.25, -0.2) is 4.79 Å². The van der Waals surface area contributed by atoms with Gasteiger partial charge in [-0.1, -0.05) is 13.3 Å². The number of carbonyl (C=O) groups excluding carboxylic acids is 1. The summed E-state index contributed by atoms with van der Waals surface area (Å²) in [7, 11) is 0. The van der Waals surface area contributed by atoms with Crippen molar-refractivity contribution < 1.29 is 14.7 Å². The normalized spacial score (nSPS) is 21.6. The van der Waals surface area contributed by atoms with Crippen LogP contribution in [-0.2, 0) is 4.79 Å². The number of hydrogen-bond donors (Lipinski definition) is 3. The lowest BCUT2D eigenvalue weighted by Crippen LogP contribution is -2.41. The molecule has 2 amide bonds. The zero-order valence-corrected chi connectivity index (χ0v) is 13.0. The fourth-order valence-corrected chi connectivity index (χ4v) is 3.62. The number of carboxylic acids is 1. The summed E-state index contributed by atoms with van der Waals surface area (Å²) in [6, 6.07) is 0.224. The minimum Gasteiger partial charge on any atom is -0.481 e. The van der Waals surface area contributed by atoms with Gasteiger partial charge in [-0.3, -0.25) is 4.79 Å². The number of unbranched alkanes of at least 4 members (excludes halogenated alkanes) is 2. The molecule has 20 heavy (non-hydrogen) atoms. The number of aliphatic carboxylic acids is 1. The third-order valence-electron chi connectivity index (χ3n) is 3.48. The average Bonchev–Trinajstić information content (AvgIpc) is 2.81. The summed E-state index contributed by atoms with van der Waals surface area (Å²) >= 11 is 1.98. The molecule has 0 spiro atoms. The van der Waals surface area contributed by atoms with Crippen LogP contribution in [0.4, 0.5) is 4.79 Å². The number of rotatable bonds is 9. The third-order valence-corrected chi connectivity index (χ3v) is 4.71. The average molecular weight is 302 g/mol. The monoisotopic (exact) mass is 302 g/mol. The molecule has 0 aromatic rings. The van der Waals surface area contributed by atoms with Crippen LogP contribution in [0.3, 0.4) is 0 Å². The van der Waals surface area contributed by atoms with Gasteiger partial charge in [0.25, 0.3) is 0 Å². The van der Waals surface area contributed by atoms with Gasteiger partial charge in [0.15, 0.2) is 0 Å². The maximum Gasteiger partial charge on any atom is 0.315 e. The van der Waals surface area contributed by atoms with Crippen molar-refractivity contribution in [3.05, 3.63) is 0 Å². The molecule has 0 aliphatic heterocycles. The predicted molar refractivity (Wildman–Crippen MR) is 82.2 cm³/mol. The number of carbonyl (C=O) groups is 2. The minimum atomic E-state index is -0.753. The van der Waals surface area contributed by atoms with E-state index in [0.717, 1.165) is 31.4 Å². The Balaban J connectivity index is 1.99. The summed E-state index contributed by atoms with van der Waals surface area (Å²) in [6.07, 6.45) is 5.90. The van der Waals surface area contributed by atoms with Gasteiger partial charge in [-0.05, 0) is 37.9 Å². The SMILES string of the molecule is CCSC1CCC(NC(=O)NCCCCCC(=O)O)C1. The Kier molecular flexibility index (Phi) is 8.49. The van der Waals surface area contributed by atoms with Crippen molar-refractivity contribution in [2.75, 3.05) is 12.3 Å². The molecular weight excluding hydrogens is 276 g/mol. The van der Waals surface area contributed by atoms with Gasteiger partial charge >= 0.3 is 12.0 Å². The molecule has 0 saturated heterocycles. The van der Waals surface area contributed by atoms with Crippen molar-refractivity contribution >= 4 is 23.8 Å². The molecule has 1 rings (SSSR count). The first-order valence-electron chi connectivity index (χ1n) is 7.49. The van der Waals surface area contributed by atoms with Crippen LogP contribution in [0, 0.1) is 0 Å². The summed E-state index contributed by atoms with van der Waals surface area (Å²) < 4.78 is 0. The largest absolute Gasteiger partial charge is 0.481 e. The van der Waals surface area contributed by atoms with E-state index in [1.807, 2.05) is 11.8 Å². The lowest BCUT2D eigenvalue weighted by Gasteiger charge is -2.14. The molecule has 0 aromatic carbocycles. The lowest BCUT2D eigenvalue weighted by molar-refractivity contribution is -0.137. The van der Waals surface area contributed by atoms with Crippen LogP contribution in [0.1, 0.15) is 51.9 Å². The van der Waals surface area contributed by atoms with Crippen LogP contribution in [0.15, 0.2) is 0 Å². The number of carboxylic acid groups (broad SMARTS) is 1. The Morgan fingerprint density at radius 1 is 1.25 bits per heavy atom. The molecule has 6 heteroatoms. The first kappa shape index (κ1) is 17.1. The maximum atomic E-state index is 11.7. The molecule has 5 nitrogen and oxygen atoms in total. The zero-order chi connectivity index (χ0) is 14.8. The van der Waals surface area contributed by atoms with Crippen LogP contribution in [-0.4, -0.2) is 40.7 Å². The van der Waals surface area contributed by atoms with E-state index in [0.29, 0.717) is 24.3 Å². The summed E-state index contributed by atoms with van der Waals surface area (Å²) in [5, 5.41) is 15.1. The number of amides is 2. The Morgan fingerprint density at radius 2 is 2.05 bits per heavy atom. The second kappa shape index (κ2) is 9.91. The zero-order valence-electron chi connectivity index (χ0n) is 12.2. The van der Waals surface area contributed by atoms with Crippen molar-refractivity contribution in [1.29, 1.82) is 0 Å². The van der Waals surface area contributed by atoms with Gasteiger partial charge in [0, 0.05) is 24.3 Å². The molecule has 1 fully saturated rings. The Hall–Kier alpha value is -0.910. The predicted octanol–water partition coefficient (Wildman–Crippen LogP) is 2.60. The van der Waals surface area contributed by atoms with Crippen molar-refractivity contribution in [2.24, 2.45) is 0 Å². The lowest BCUT2D eigenvalue weighted by atomic mass is 10.2. The van der Waals surface area contributed by atoms with E-state index in [2.05, 4.69) is 17.6 Å². The molecule has 3 N–H and O–H groups in total. The number of nitrogens with one attached hydrogen (secondary N) is 2. The van der Waals surface area contributed by atoms with E-state index in [9.17, 15) is 9.59 Å². The van der Waals surface area contributed by atoms with Crippen LogP contribution < -0.4 is 10.6 Å². The Morgan fingerprint density at radius 3 is 2.75 bits per heavy atom. The fourth-order valence-electron chi connectivity index (χ4n) is 2.47. The van der Waals surface area contributed by atoms with E-state index in [1.165, 1.54) is 6.42 Å². The van der Waals surface area contributed by atoms with Gasteiger partial charge < -0.3 is 15.7 Å². The summed E-state index contributed by atoms with van der Waals surface area (Å²) in [6.45, 7) is 2.79. The van der Waals surface area contributed by atoms with Crippen LogP contribution >= 0.6 is 11.8 Å². The topological polar surface area (TPSA) is 78.4 Å². The molecule has 1 saturated carbocycles. The number of urea groups is 1.